The van der Waals surface area contributed by atoms with Crippen molar-refractivity contribution in [2.45, 2.75) is 116 Å². The molecule has 48 heavy (non-hydrogen) atoms. The normalized spacial score (nSPS) is 32.9. The summed E-state index contributed by atoms with van der Waals surface area (Å²) in [5, 5.41) is 4.52. The first-order valence-corrected chi connectivity index (χ1v) is 19.1. The predicted molar refractivity (Wildman–Crippen MR) is 188 cm³/mol. The van der Waals surface area contributed by atoms with Crippen LogP contribution in [0.25, 0.3) is 22.2 Å². The number of ketones is 2. The van der Waals surface area contributed by atoms with Gasteiger partial charge in [-0.25, -0.2) is 4.39 Å². The van der Waals surface area contributed by atoms with E-state index in [1.165, 1.54) is 56.2 Å². The van der Waals surface area contributed by atoms with Crippen molar-refractivity contribution in [3.05, 3.63) is 58.9 Å². The summed E-state index contributed by atoms with van der Waals surface area (Å²) in [6, 6.07) is 11.5. The summed E-state index contributed by atoms with van der Waals surface area (Å²) in [7, 11) is 0. The molecule has 5 nitrogen and oxygen atoms in total. The van der Waals surface area contributed by atoms with E-state index in [-0.39, 0.29) is 11.6 Å². The summed E-state index contributed by atoms with van der Waals surface area (Å²) in [6.07, 6.45) is 15.2. The predicted octanol–water partition coefficient (Wildman–Crippen LogP) is 9.36. The van der Waals surface area contributed by atoms with Gasteiger partial charge in [-0.2, -0.15) is 0 Å². The van der Waals surface area contributed by atoms with Crippen LogP contribution in [0.3, 0.4) is 0 Å². The van der Waals surface area contributed by atoms with Crippen molar-refractivity contribution >= 4 is 22.5 Å². The number of Topliss-reactive ketones (excluding diaryl/α,β-unsaturated/α-hetero) is 2. The van der Waals surface area contributed by atoms with Crippen molar-refractivity contribution < 1.29 is 18.7 Å². The van der Waals surface area contributed by atoms with Gasteiger partial charge in [-0.05, 0) is 140 Å². The van der Waals surface area contributed by atoms with Crippen molar-refractivity contribution in [3.8, 4) is 11.3 Å². The van der Waals surface area contributed by atoms with Crippen LogP contribution in [0.5, 0.6) is 0 Å². The zero-order valence-electron chi connectivity index (χ0n) is 29.0. The van der Waals surface area contributed by atoms with E-state index in [1.807, 2.05) is 0 Å². The molecule has 2 N–H and O–H groups in total. The van der Waals surface area contributed by atoms with Crippen LogP contribution < -0.4 is 5.32 Å². The molecule has 4 fully saturated rings. The minimum absolute atomic E-state index is 0.0347. The van der Waals surface area contributed by atoms with Gasteiger partial charge in [0.15, 0.2) is 5.78 Å². The number of carbonyl (C=O) groups is 2. The Kier molecular flexibility index (Phi) is 8.64. The number of nitrogens with one attached hydrogen (secondary N) is 2. The van der Waals surface area contributed by atoms with E-state index in [0.29, 0.717) is 46.1 Å². The first-order valence-electron chi connectivity index (χ1n) is 19.1. The second-order valence-corrected chi connectivity index (χ2v) is 16.6. The van der Waals surface area contributed by atoms with Crippen LogP contribution in [0, 0.1) is 40.3 Å². The van der Waals surface area contributed by atoms with Gasteiger partial charge >= 0.3 is 0 Å². The number of hydrogen-bond donors (Lipinski definition) is 2. The number of aromatic amines is 1. The minimum atomic E-state index is -0.365. The summed E-state index contributed by atoms with van der Waals surface area (Å²) in [5.41, 5.74) is 6.38. The molecule has 5 aliphatic carbocycles. The van der Waals surface area contributed by atoms with Gasteiger partial charge in [0.2, 0.25) is 0 Å². The van der Waals surface area contributed by atoms with Crippen molar-refractivity contribution in [1.29, 1.82) is 0 Å². The largest absolute Gasteiger partial charge is 0.378 e. The van der Waals surface area contributed by atoms with Gasteiger partial charge < -0.3 is 15.0 Å². The lowest BCUT2D eigenvalue weighted by molar-refractivity contribution is -0.145. The summed E-state index contributed by atoms with van der Waals surface area (Å²) in [6.45, 7) is 7.73. The lowest BCUT2D eigenvalue weighted by Gasteiger charge is -2.60. The number of hydrogen-bond acceptors (Lipinski definition) is 4. The van der Waals surface area contributed by atoms with Crippen LogP contribution in [-0.4, -0.2) is 35.8 Å². The zero-order chi connectivity index (χ0) is 33.0. The fraction of sp³-hybridized carbons (Fsp3) is 0.619. The van der Waals surface area contributed by atoms with Gasteiger partial charge in [0.05, 0.1) is 6.10 Å². The number of aromatic nitrogens is 1. The van der Waals surface area contributed by atoms with Crippen LogP contribution in [0.15, 0.2) is 36.4 Å². The van der Waals surface area contributed by atoms with Gasteiger partial charge in [-0.1, -0.05) is 38.1 Å². The Morgan fingerprint density at radius 1 is 0.917 bits per heavy atom. The van der Waals surface area contributed by atoms with Crippen molar-refractivity contribution in [2.24, 2.45) is 34.5 Å². The van der Waals surface area contributed by atoms with Crippen molar-refractivity contribution in [3.63, 3.8) is 0 Å². The smallest absolute Gasteiger partial charge is 0.163 e. The molecule has 7 atom stereocenters. The average Bonchev–Trinajstić information content (AvgIpc) is 3.55. The molecule has 3 aromatic rings. The molecule has 0 radical (unpaired) electrons. The highest BCUT2D eigenvalue weighted by Gasteiger charge is 2.60. The van der Waals surface area contributed by atoms with Crippen LogP contribution in [0.1, 0.15) is 119 Å². The third-order valence-corrected chi connectivity index (χ3v) is 14.1. The zero-order valence-corrected chi connectivity index (χ0v) is 29.0. The van der Waals surface area contributed by atoms with E-state index in [2.05, 4.69) is 48.4 Å². The fourth-order valence-corrected chi connectivity index (χ4v) is 11.5. The van der Waals surface area contributed by atoms with Crippen LogP contribution >= 0.6 is 0 Å². The van der Waals surface area contributed by atoms with Gasteiger partial charge in [-0.15, -0.1) is 0 Å². The first kappa shape index (κ1) is 32.4. The molecule has 256 valence electrons. The molecular formula is C42H53FN2O3. The Balaban J connectivity index is 0.800. The number of fused-ring (bicyclic) bond motifs is 5. The topological polar surface area (TPSA) is 71.2 Å². The van der Waals surface area contributed by atoms with E-state index in [0.717, 1.165) is 105 Å². The maximum absolute atomic E-state index is 14.3. The Morgan fingerprint density at radius 3 is 2.60 bits per heavy atom. The standard InChI is InChI=1S/C42H53FN2O3/c1-41-18-16-30(46)22-28(41)12-13-31-34-14-15-38(42(34,2)19-17-35(31)41)48-21-4-3-20-44-25-26-8-10-27(11-9-26)40-32-6-5-7-37(47)33-23-29(43)24-36(45-40)39(32)33/h8-11,23-24,28,31,34-35,38,44-45H,3-7,12-22,25H2,1-2H3/t28-,31-,34-,35-,38?,41-,42-/m0/s1. The Morgan fingerprint density at radius 2 is 1.75 bits per heavy atom. The van der Waals surface area contributed by atoms with Gasteiger partial charge in [0.1, 0.15) is 11.6 Å². The second kappa shape index (κ2) is 12.8. The average molecular weight is 653 g/mol. The SMILES string of the molecule is C[C@]12CCC(=O)C[C@@H]1CC[C@@H]1[C@@H]2CC[C@]2(C)C(OCCCCNCc3ccc(-c4[nH]c5cc(F)cc6c5c4CCCC6=O)cc3)CC[C@@H]12. The molecule has 0 spiro atoms. The van der Waals surface area contributed by atoms with Crippen LogP contribution in [0.4, 0.5) is 4.39 Å². The molecule has 2 aromatic carbocycles. The molecule has 0 aliphatic heterocycles. The number of benzene rings is 2. The first-order chi connectivity index (χ1) is 23.2. The fourth-order valence-electron chi connectivity index (χ4n) is 11.5. The number of aryl methyl sites for hydroxylation is 1. The van der Waals surface area contributed by atoms with Gasteiger partial charge in [-0.3, -0.25) is 9.59 Å². The third-order valence-electron chi connectivity index (χ3n) is 14.1. The molecule has 0 saturated heterocycles. The molecule has 0 amide bonds. The Bertz CT molecular complexity index is 1690. The number of ether oxygens (including phenoxy) is 1. The van der Waals surface area contributed by atoms with E-state index in [4.69, 9.17) is 4.74 Å². The van der Waals surface area contributed by atoms with E-state index >= 15 is 0 Å². The molecule has 1 unspecified atom stereocenters. The number of rotatable bonds is 9. The lowest BCUT2D eigenvalue weighted by Crippen LogP contribution is -2.54. The minimum Gasteiger partial charge on any atom is -0.378 e. The molecule has 8 rings (SSSR count). The molecule has 1 heterocycles. The Hall–Kier alpha value is -2.83. The highest BCUT2D eigenvalue weighted by atomic mass is 19.1. The van der Waals surface area contributed by atoms with Crippen molar-refractivity contribution in [2.75, 3.05) is 13.2 Å². The van der Waals surface area contributed by atoms with Gasteiger partial charge in [0, 0.05) is 54.6 Å². The van der Waals surface area contributed by atoms with Crippen LogP contribution in [-0.2, 0) is 22.5 Å². The monoisotopic (exact) mass is 652 g/mol. The molecule has 0 bridgehead atoms. The maximum Gasteiger partial charge on any atom is 0.163 e. The Labute approximate surface area is 285 Å². The van der Waals surface area contributed by atoms with E-state index in [9.17, 15) is 14.0 Å². The van der Waals surface area contributed by atoms with Crippen LogP contribution in [0.2, 0.25) is 0 Å². The van der Waals surface area contributed by atoms with Crippen molar-refractivity contribution in [1.82, 2.24) is 10.3 Å². The summed E-state index contributed by atoms with van der Waals surface area (Å²) < 4.78 is 21.0. The molecule has 6 heteroatoms. The summed E-state index contributed by atoms with van der Waals surface area (Å²) in [4.78, 5) is 28.3. The maximum atomic E-state index is 14.3. The quantitative estimate of drug-likeness (QED) is 0.226. The van der Waals surface area contributed by atoms with Gasteiger partial charge in [0.25, 0.3) is 0 Å². The number of carbonyl (C=O) groups excluding carboxylic acids is 2. The van der Waals surface area contributed by atoms with E-state index < -0.39 is 0 Å². The summed E-state index contributed by atoms with van der Waals surface area (Å²) in [5.74, 6) is 3.23. The number of halogens is 1. The molecular weight excluding hydrogens is 599 g/mol. The molecule has 4 saturated carbocycles. The second-order valence-electron chi connectivity index (χ2n) is 16.6. The lowest BCUT2D eigenvalue weighted by atomic mass is 9.45. The highest BCUT2D eigenvalue weighted by molar-refractivity contribution is 6.11. The van der Waals surface area contributed by atoms with E-state index in [1.54, 1.807) is 0 Å². The number of unbranched alkanes of at least 4 members (excludes halogenated alkanes) is 1. The summed E-state index contributed by atoms with van der Waals surface area (Å²) >= 11 is 0. The molecule has 5 aliphatic rings. The molecule has 1 aromatic heterocycles. The highest BCUT2D eigenvalue weighted by Crippen LogP contribution is 2.66. The third kappa shape index (κ3) is 5.59. The number of H-pyrrole nitrogens is 1.